The van der Waals surface area contributed by atoms with Crippen LogP contribution in [0.5, 0.6) is 0 Å². The Morgan fingerprint density at radius 2 is 1.62 bits per heavy atom. The van der Waals surface area contributed by atoms with Crippen molar-refractivity contribution < 1.29 is 19.5 Å². The van der Waals surface area contributed by atoms with Gasteiger partial charge in [-0.15, -0.1) is 0 Å². The first-order valence-corrected chi connectivity index (χ1v) is 11.5. The predicted octanol–water partition coefficient (Wildman–Crippen LogP) is 4.68. The summed E-state index contributed by atoms with van der Waals surface area (Å²) in [5.74, 6) is 0.106. The largest absolute Gasteiger partial charge is 0.390 e. The van der Waals surface area contributed by atoms with Crippen LogP contribution in [0.3, 0.4) is 0 Å². The van der Waals surface area contributed by atoms with Crippen LogP contribution in [0.4, 0.5) is 4.79 Å². The van der Waals surface area contributed by atoms with E-state index in [1.54, 1.807) is 18.9 Å². The number of Topliss-reactive ketones (excluding diaryl/α,β-unsaturated/α-hetero) is 1. The second kappa shape index (κ2) is 13.0. The number of rotatable bonds is 16. The van der Waals surface area contributed by atoms with E-state index < -0.39 is 11.6 Å². The molecule has 3 amide bonds. The minimum Gasteiger partial charge on any atom is -0.390 e. The summed E-state index contributed by atoms with van der Waals surface area (Å²) in [4.78, 5) is 38.8. The average molecular weight is 411 g/mol. The number of ketones is 1. The Kier molecular flexibility index (Phi) is 11.5. The molecule has 1 fully saturated rings. The number of aliphatic hydroxyl groups is 1. The molecule has 1 rings (SSSR count). The maximum absolute atomic E-state index is 12.5. The van der Waals surface area contributed by atoms with Gasteiger partial charge in [0.2, 0.25) is 0 Å². The Balaban J connectivity index is 2.44. The third kappa shape index (κ3) is 9.28. The van der Waals surface area contributed by atoms with Crippen LogP contribution in [0.2, 0.25) is 0 Å². The van der Waals surface area contributed by atoms with Crippen LogP contribution in [0.25, 0.3) is 0 Å². The number of likely N-dealkylation sites (N-methyl/N-ethyl adjacent to an activating group) is 1. The van der Waals surface area contributed by atoms with Gasteiger partial charge < -0.3 is 14.8 Å². The normalized spacial score (nSPS) is 19.1. The molecule has 0 bridgehead atoms. The van der Waals surface area contributed by atoms with Gasteiger partial charge in [-0.2, -0.15) is 0 Å². The Morgan fingerprint density at radius 3 is 2.28 bits per heavy atom. The fraction of sp³-hybridized carbons (Fsp3) is 0.870. The fourth-order valence-corrected chi connectivity index (χ4v) is 3.97. The van der Waals surface area contributed by atoms with E-state index in [0.29, 0.717) is 25.8 Å². The molecule has 0 radical (unpaired) electrons. The van der Waals surface area contributed by atoms with Gasteiger partial charge in [0.05, 0.1) is 5.60 Å². The van der Waals surface area contributed by atoms with Gasteiger partial charge in [0.1, 0.15) is 11.8 Å². The van der Waals surface area contributed by atoms with Crippen molar-refractivity contribution in [2.24, 2.45) is 0 Å². The average Bonchev–Trinajstić information content (AvgIpc) is 2.86. The Morgan fingerprint density at radius 1 is 1.00 bits per heavy atom. The number of carbonyl (C=O) groups is 3. The lowest BCUT2D eigenvalue weighted by molar-refractivity contribution is -0.127. The van der Waals surface area contributed by atoms with Crippen molar-refractivity contribution in [1.29, 1.82) is 0 Å². The molecule has 0 aromatic heterocycles. The lowest BCUT2D eigenvalue weighted by atomic mass is 9.94. The molecule has 1 aliphatic heterocycles. The van der Waals surface area contributed by atoms with E-state index >= 15 is 0 Å². The summed E-state index contributed by atoms with van der Waals surface area (Å²) >= 11 is 0. The van der Waals surface area contributed by atoms with Gasteiger partial charge in [-0.3, -0.25) is 9.69 Å². The number of urea groups is 1. The van der Waals surface area contributed by atoms with Crippen molar-refractivity contribution in [1.82, 2.24) is 9.80 Å². The molecule has 0 aliphatic carbocycles. The maximum atomic E-state index is 12.5. The van der Waals surface area contributed by atoms with Gasteiger partial charge >= 0.3 is 6.03 Å². The Hall–Kier alpha value is -1.43. The highest BCUT2D eigenvalue weighted by atomic mass is 16.3. The standard InChI is InChI=1S/C23H42N2O4/c1-5-6-7-13-16-23(3,29)17-18-25-20(21(27)24(4)22(25)28)15-12-10-8-9-11-14-19(2)26/h20,29H,5-18H2,1-4H3. The van der Waals surface area contributed by atoms with E-state index in [-0.39, 0.29) is 17.7 Å². The number of nitrogens with zero attached hydrogens (tertiary/aromatic N) is 2. The summed E-state index contributed by atoms with van der Waals surface area (Å²) in [6.45, 7) is 6.04. The maximum Gasteiger partial charge on any atom is 0.327 e. The molecule has 6 nitrogen and oxygen atoms in total. The number of hydrogen-bond donors (Lipinski definition) is 1. The van der Waals surface area contributed by atoms with Crippen molar-refractivity contribution in [2.45, 2.75) is 116 Å². The Labute approximate surface area is 177 Å². The van der Waals surface area contributed by atoms with E-state index in [0.717, 1.165) is 57.8 Å². The second-order valence-corrected chi connectivity index (χ2v) is 8.96. The molecule has 0 saturated carbocycles. The molecule has 0 aromatic rings. The van der Waals surface area contributed by atoms with Crippen molar-refractivity contribution in [3.63, 3.8) is 0 Å². The molecular weight excluding hydrogens is 368 g/mol. The molecular formula is C23H42N2O4. The van der Waals surface area contributed by atoms with Crippen LogP contribution < -0.4 is 0 Å². The summed E-state index contributed by atoms with van der Waals surface area (Å²) in [5, 5.41) is 10.7. The van der Waals surface area contributed by atoms with Crippen molar-refractivity contribution in [3.8, 4) is 0 Å². The third-order valence-corrected chi connectivity index (χ3v) is 5.99. The van der Waals surface area contributed by atoms with Crippen molar-refractivity contribution in [3.05, 3.63) is 0 Å². The highest BCUT2D eigenvalue weighted by Crippen LogP contribution is 2.25. The van der Waals surface area contributed by atoms with E-state index in [1.165, 1.54) is 11.3 Å². The zero-order chi connectivity index (χ0) is 21.9. The van der Waals surface area contributed by atoms with Crippen LogP contribution in [-0.4, -0.2) is 57.9 Å². The highest BCUT2D eigenvalue weighted by Gasteiger charge is 2.42. The van der Waals surface area contributed by atoms with Crippen LogP contribution in [0, 0.1) is 0 Å². The molecule has 1 N–H and O–H groups in total. The number of hydrogen-bond acceptors (Lipinski definition) is 4. The lowest BCUT2D eigenvalue weighted by Crippen LogP contribution is -2.39. The van der Waals surface area contributed by atoms with Crippen molar-refractivity contribution >= 4 is 17.7 Å². The topological polar surface area (TPSA) is 77.9 Å². The van der Waals surface area contributed by atoms with Gasteiger partial charge in [0.25, 0.3) is 5.91 Å². The van der Waals surface area contributed by atoms with Crippen LogP contribution in [-0.2, 0) is 9.59 Å². The summed E-state index contributed by atoms with van der Waals surface area (Å²) < 4.78 is 0. The molecule has 29 heavy (non-hydrogen) atoms. The predicted molar refractivity (Wildman–Crippen MR) is 116 cm³/mol. The van der Waals surface area contributed by atoms with E-state index in [2.05, 4.69) is 6.92 Å². The number of imide groups is 1. The van der Waals surface area contributed by atoms with Gasteiger partial charge in [-0.1, -0.05) is 58.3 Å². The van der Waals surface area contributed by atoms with Crippen LogP contribution >= 0.6 is 0 Å². The monoisotopic (exact) mass is 410 g/mol. The smallest absolute Gasteiger partial charge is 0.327 e. The number of amides is 3. The quantitative estimate of drug-likeness (QED) is 0.296. The van der Waals surface area contributed by atoms with Crippen molar-refractivity contribution in [2.75, 3.05) is 13.6 Å². The first-order valence-electron chi connectivity index (χ1n) is 11.5. The molecule has 168 valence electrons. The lowest BCUT2D eigenvalue weighted by Gasteiger charge is -2.28. The van der Waals surface area contributed by atoms with E-state index in [9.17, 15) is 19.5 Å². The molecule has 6 heteroatoms. The zero-order valence-electron chi connectivity index (χ0n) is 19.0. The molecule has 2 unspecified atom stereocenters. The second-order valence-electron chi connectivity index (χ2n) is 8.96. The first-order chi connectivity index (χ1) is 13.7. The molecule has 1 saturated heterocycles. The van der Waals surface area contributed by atoms with Gasteiger partial charge in [-0.05, 0) is 39.5 Å². The summed E-state index contributed by atoms with van der Waals surface area (Å²) in [7, 11) is 1.54. The summed E-state index contributed by atoms with van der Waals surface area (Å²) in [5.41, 5.74) is -0.806. The molecule has 0 spiro atoms. The Bertz CT molecular complexity index is 533. The van der Waals surface area contributed by atoms with E-state index in [1.807, 2.05) is 6.92 Å². The number of carbonyl (C=O) groups excluding carboxylic acids is 3. The highest BCUT2D eigenvalue weighted by molar-refractivity contribution is 6.03. The van der Waals surface area contributed by atoms with Gasteiger partial charge in [-0.25, -0.2) is 4.79 Å². The minimum atomic E-state index is -0.806. The van der Waals surface area contributed by atoms with E-state index in [4.69, 9.17) is 0 Å². The molecule has 0 aromatic carbocycles. The fourth-order valence-electron chi connectivity index (χ4n) is 3.97. The van der Waals surface area contributed by atoms with Crippen LogP contribution in [0.15, 0.2) is 0 Å². The first kappa shape index (κ1) is 25.6. The van der Waals surface area contributed by atoms with Gasteiger partial charge in [0.15, 0.2) is 0 Å². The molecule has 1 heterocycles. The third-order valence-electron chi connectivity index (χ3n) is 5.99. The number of unbranched alkanes of at least 4 members (excludes halogenated alkanes) is 7. The van der Waals surface area contributed by atoms with Crippen LogP contribution in [0.1, 0.15) is 104 Å². The summed E-state index contributed by atoms with van der Waals surface area (Å²) in [6.07, 6.45) is 11.9. The minimum absolute atomic E-state index is 0.130. The molecule has 1 aliphatic rings. The zero-order valence-corrected chi connectivity index (χ0v) is 19.0. The SMILES string of the molecule is CCCCCCC(C)(O)CCN1C(=O)N(C)C(=O)C1CCCCCCCC(C)=O. The molecule has 2 atom stereocenters. The summed E-state index contributed by atoms with van der Waals surface area (Å²) in [6, 6.07) is -0.649. The van der Waals surface area contributed by atoms with Gasteiger partial charge in [0, 0.05) is 20.0 Å².